The summed E-state index contributed by atoms with van der Waals surface area (Å²) in [4.78, 5) is 12.7. The Bertz CT molecular complexity index is 900. The Labute approximate surface area is 160 Å². The van der Waals surface area contributed by atoms with Gasteiger partial charge in [0, 0.05) is 0 Å². The van der Waals surface area contributed by atoms with Crippen molar-refractivity contribution in [3.63, 3.8) is 0 Å². The van der Waals surface area contributed by atoms with E-state index in [1.165, 1.54) is 17.7 Å². The maximum Gasteiger partial charge on any atom is 0.225 e. The summed E-state index contributed by atoms with van der Waals surface area (Å²) in [5, 5.41) is 3.07. The van der Waals surface area contributed by atoms with Crippen molar-refractivity contribution in [2.75, 3.05) is 0 Å². The maximum atomic E-state index is 13.8. The van der Waals surface area contributed by atoms with Gasteiger partial charge in [-0.25, -0.2) is 4.39 Å². The number of hydrogen-bond acceptors (Lipinski definition) is 1. The highest BCUT2D eigenvalue weighted by Crippen LogP contribution is 2.23. The van der Waals surface area contributed by atoms with Gasteiger partial charge in [-0.2, -0.15) is 0 Å². The number of carbonyl (C=O) groups is 1. The fourth-order valence-corrected chi connectivity index (χ4v) is 3.09. The third-order valence-corrected chi connectivity index (χ3v) is 4.69. The number of halogens is 1. The highest BCUT2D eigenvalue weighted by Gasteiger charge is 2.18. The molecule has 3 rings (SSSR count). The number of aryl methyl sites for hydroxylation is 2. The van der Waals surface area contributed by atoms with Crippen molar-refractivity contribution in [1.29, 1.82) is 0 Å². The summed E-state index contributed by atoms with van der Waals surface area (Å²) in [7, 11) is 0. The minimum Gasteiger partial charge on any atom is -0.345 e. The number of carbonyl (C=O) groups excluding carboxylic acids is 1. The van der Waals surface area contributed by atoms with E-state index in [2.05, 4.69) is 12.2 Å². The Hall–Kier alpha value is -2.94. The van der Waals surface area contributed by atoms with Crippen LogP contribution in [0.2, 0.25) is 0 Å². The van der Waals surface area contributed by atoms with Gasteiger partial charge in [0.2, 0.25) is 5.91 Å². The fraction of sp³-hybridized carbons (Fsp3) is 0.208. The summed E-state index contributed by atoms with van der Waals surface area (Å²) in [5.41, 5.74) is 5.01. The molecule has 1 amide bonds. The Morgan fingerprint density at radius 2 is 1.59 bits per heavy atom. The van der Waals surface area contributed by atoms with E-state index >= 15 is 0 Å². The van der Waals surface area contributed by atoms with E-state index in [4.69, 9.17) is 0 Å². The molecule has 2 nitrogen and oxygen atoms in total. The summed E-state index contributed by atoms with van der Waals surface area (Å²) < 4.78 is 13.8. The normalized spacial score (nSPS) is 11.8. The molecule has 0 aliphatic rings. The van der Waals surface area contributed by atoms with Gasteiger partial charge in [0.1, 0.15) is 5.82 Å². The van der Waals surface area contributed by atoms with Gasteiger partial charge in [-0.3, -0.25) is 4.79 Å². The van der Waals surface area contributed by atoms with Crippen molar-refractivity contribution in [3.05, 3.63) is 106 Å². The predicted molar refractivity (Wildman–Crippen MR) is 107 cm³/mol. The average Bonchev–Trinajstić information content (AvgIpc) is 2.68. The van der Waals surface area contributed by atoms with Crippen molar-refractivity contribution < 1.29 is 9.18 Å². The van der Waals surface area contributed by atoms with E-state index in [9.17, 15) is 9.18 Å². The standard InChI is InChI=1S/C24H24FNO/c1-3-18-11-13-20(14-12-18)24(21-5-4-6-22(25)16-21)26-23(27)15-19-9-7-17(2)8-10-19/h4-14,16,24H,3,15H2,1-2H3,(H,26,27). The Morgan fingerprint density at radius 1 is 0.926 bits per heavy atom. The molecule has 3 aromatic carbocycles. The second-order valence-corrected chi connectivity index (χ2v) is 6.81. The first-order valence-corrected chi connectivity index (χ1v) is 9.24. The number of amides is 1. The van der Waals surface area contributed by atoms with Crippen LogP contribution in [0.15, 0.2) is 72.8 Å². The topological polar surface area (TPSA) is 29.1 Å². The van der Waals surface area contributed by atoms with Gasteiger partial charge < -0.3 is 5.32 Å². The second-order valence-electron chi connectivity index (χ2n) is 6.81. The number of benzene rings is 3. The molecule has 0 aromatic heterocycles. The van der Waals surface area contributed by atoms with Crippen LogP contribution in [0, 0.1) is 12.7 Å². The lowest BCUT2D eigenvalue weighted by Crippen LogP contribution is -2.30. The van der Waals surface area contributed by atoms with E-state index in [0.717, 1.165) is 28.7 Å². The molecule has 0 saturated heterocycles. The van der Waals surface area contributed by atoms with Crippen LogP contribution in [-0.2, 0) is 17.6 Å². The summed E-state index contributed by atoms with van der Waals surface area (Å²) in [6.07, 6.45) is 1.24. The zero-order chi connectivity index (χ0) is 19.2. The Kier molecular flexibility index (Phi) is 6.02. The second kappa shape index (κ2) is 8.63. The minimum absolute atomic E-state index is 0.0901. The molecule has 3 aromatic rings. The molecule has 138 valence electrons. The van der Waals surface area contributed by atoms with Gasteiger partial charge in [-0.1, -0.05) is 73.2 Å². The maximum absolute atomic E-state index is 13.8. The first-order chi connectivity index (χ1) is 13.0. The van der Waals surface area contributed by atoms with Crippen LogP contribution in [0.4, 0.5) is 4.39 Å². The SMILES string of the molecule is CCc1ccc(C(NC(=O)Cc2ccc(C)cc2)c2cccc(F)c2)cc1. The van der Waals surface area contributed by atoms with Crippen LogP contribution in [0.1, 0.15) is 40.8 Å². The molecule has 27 heavy (non-hydrogen) atoms. The first-order valence-electron chi connectivity index (χ1n) is 9.24. The monoisotopic (exact) mass is 361 g/mol. The van der Waals surface area contributed by atoms with Crippen LogP contribution in [0.25, 0.3) is 0 Å². The summed E-state index contributed by atoms with van der Waals surface area (Å²) in [5.74, 6) is -0.400. The molecule has 0 aliphatic carbocycles. The van der Waals surface area contributed by atoms with Crippen LogP contribution in [0.3, 0.4) is 0 Å². The van der Waals surface area contributed by atoms with Gasteiger partial charge >= 0.3 is 0 Å². The Balaban J connectivity index is 1.84. The number of rotatable bonds is 6. The molecule has 0 heterocycles. The van der Waals surface area contributed by atoms with Gasteiger partial charge in [0.25, 0.3) is 0 Å². The molecule has 3 heteroatoms. The van der Waals surface area contributed by atoms with Crippen molar-refractivity contribution in [1.82, 2.24) is 5.32 Å². The van der Waals surface area contributed by atoms with Crippen molar-refractivity contribution >= 4 is 5.91 Å². The highest BCUT2D eigenvalue weighted by molar-refractivity contribution is 5.79. The third kappa shape index (κ3) is 5.04. The van der Waals surface area contributed by atoms with Gasteiger partial charge in [0.15, 0.2) is 0 Å². The smallest absolute Gasteiger partial charge is 0.225 e. The van der Waals surface area contributed by atoms with Crippen LogP contribution >= 0.6 is 0 Å². The van der Waals surface area contributed by atoms with E-state index < -0.39 is 0 Å². The molecule has 1 unspecified atom stereocenters. The van der Waals surface area contributed by atoms with Crippen molar-refractivity contribution in [2.45, 2.75) is 32.7 Å². The quantitative estimate of drug-likeness (QED) is 0.647. The zero-order valence-electron chi connectivity index (χ0n) is 15.7. The van der Waals surface area contributed by atoms with Crippen LogP contribution in [-0.4, -0.2) is 5.91 Å². The minimum atomic E-state index is -0.385. The van der Waals surface area contributed by atoms with Crippen LogP contribution < -0.4 is 5.32 Å². The predicted octanol–water partition coefficient (Wildman–Crippen LogP) is 5.14. The lowest BCUT2D eigenvalue weighted by atomic mass is 9.96. The number of nitrogens with one attached hydrogen (secondary N) is 1. The van der Waals surface area contributed by atoms with Gasteiger partial charge in [-0.05, 0) is 47.7 Å². The Morgan fingerprint density at radius 3 is 2.22 bits per heavy atom. The average molecular weight is 361 g/mol. The van der Waals surface area contributed by atoms with Crippen molar-refractivity contribution in [2.24, 2.45) is 0 Å². The lowest BCUT2D eigenvalue weighted by Gasteiger charge is -2.20. The van der Waals surface area contributed by atoms with E-state index in [1.807, 2.05) is 61.5 Å². The molecule has 0 fully saturated rings. The lowest BCUT2D eigenvalue weighted by molar-refractivity contribution is -0.120. The van der Waals surface area contributed by atoms with E-state index in [0.29, 0.717) is 6.42 Å². The van der Waals surface area contributed by atoms with Crippen molar-refractivity contribution in [3.8, 4) is 0 Å². The molecular weight excluding hydrogens is 337 g/mol. The molecule has 1 N–H and O–H groups in total. The molecule has 1 atom stereocenters. The third-order valence-electron chi connectivity index (χ3n) is 4.69. The summed E-state index contributed by atoms with van der Waals surface area (Å²) in [6.45, 7) is 4.12. The molecule has 0 spiro atoms. The molecule has 0 aliphatic heterocycles. The molecule has 0 radical (unpaired) electrons. The van der Waals surface area contributed by atoms with Gasteiger partial charge in [0.05, 0.1) is 12.5 Å². The van der Waals surface area contributed by atoms with Gasteiger partial charge in [-0.15, -0.1) is 0 Å². The largest absolute Gasteiger partial charge is 0.345 e. The first kappa shape index (κ1) is 18.8. The fourth-order valence-electron chi connectivity index (χ4n) is 3.09. The highest BCUT2D eigenvalue weighted by atomic mass is 19.1. The molecule has 0 bridgehead atoms. The van der Waals surface area contributed by atoms with E-state index in [-0.39, 0.29) is 17.8 Å². The zero-order valence-corrected chi connectivity index (χ0v) is 15.7. The molecular formula is C24H24FNO. The van der Waals surface area contributed by atoms with E-state index in [1.54, 1.807) is 6.07 Å². The summed E-state index contributed by atoms with van der Waals surface area (Å²) >= 11 is 0. The number of hydrogen-bond donors (Lipinski definition) is 1. The molecule has 0 saturated carbocycles. The van der Waals surface area contributed by atoms with Crippen LogP contribution in [0.5, 0.6) is 0 Å². The summed E-state index contributed by atoms with van der Waals surface area (Å²) in [6, 6.07) is 22.0.